The molecule has 0 radical (unpaired) electrons. The van der Waals surface area contributed by atoms with Gasteiger partial charge in [-0.2, -0.15) is 0 Å². The van der Waals surface area contributed by atoms with Crippen molar-refractivity contribution in [1.82, 2.24) is 10.2 Å². The third-order valence-corrected chi connectivity index (χ3v) is 7.58. The van der Waals surface area contributed by atoms with Crippen LogP contribution < -0.4 is 14.4 Å². The molecule has 1 N–H and O–H groups in total. The van der Waals surface area contributed by atoms with Crippen molar-refractivity contribution in [2.24, 2.45) is 0 Å². The number of amides is 2. The fourth-order valence-corrected chi connectivity index (χ4v) is 5.17. The van der Waals surface area contributed by atoms with Gasteiger partial charge in [-0.05, 0) is 42.2 Å². The number of hydrogen-bond donors (Lipinski definition) is 1. The van der Waals surface area contributed by atoms with Crippen LogP contribution in [0.15, 0.2) is 78.9 Å². The number of nitrogens with one attached hydrogen (secondary N) is 1. The van der Waals surface area contributed by atoms with E-state index in [1.807, 2.05) is 68.4 Å². The summed E-state index contributed by atoms with van der Waals surface area (Å²) >= 11 is 0. The van der Waals surface area contributed by atoms with Crippen molar-refractivity contribution >= 4 is 27.5 Å². The first-order valence-electron chi connectivity index (χ1n) is 12.9. The van der Waals surface area contributed by atoms with Gasteiger partial charge in [0.1, 0.15) is 18.3 Å². The number of carbonyl (C=O) groups is 2. The minimum Gasteiger partial charge on any atom is -0.495 e. The molecule has 0 bridgehead atoms. The number of anilines is 1. The van der Waals surface area contributed by atoms with E-state index in [0.29, 0.717) is 12.3 Å². The second kappa shape index (κ2) is 13.8. The second-order valence-corrected chi connectivity index (χ2v) is 11.3. The SMILES string of the molecule is CCCNC(=O)[C@H](Cc1ccccc1)N(Cc1ccccc1C)C(=O)CN(c1ccccc1OC)S(C)(=O)=O. The highest BCUT2D eigenvalue weighted by Gasteiger charge is 2.33. The monoisotopic (exact) mass is 551 g/mol. The third-order valence-electron chi connectivity index (χ3n) is 6.46. The summed E-state index contributed by atoms with van der Waals surface area (Å²) in [5.41, 5.74) is 2.98. The number of methoxy groups -OCH3 is 1. The van der Waals surface area contributed by atoms with Gasteiger partial charge in [0.25, 0.3) is 0 Å². The van der Waals surface area contributed by atoms with Crippen molar-refractivity contribution in [3.8, 4) is 5.75 Å². The van der Waals surface area contributed by atoms with E-state index in [1.165, 1.54) is 12.0 Å². The van der Waals surface area contributed by atoms with Gasteiger partial charge in [-0.1, -0.05) is 73.7 Å². The predicted octanol–water partition coefficient (Wildman–Crippen LogP) is 3.94. The minimum absolute atomic E-state index is 0.145. The van der Waals surface area contributed by atoms with Gasteiger partial charge >= 0.3 is 0 Å². The van der Waals surface area contributed by atoms with Crippen molar-refractivity contribution in [3.05, 3.63) is 95.6 Å². The lowest BCUT2D eigenvalue weighted by molar-refractivity contribution is -0.140. The van der Waals surface area contributed by atoms with Crippen LogP contribution in [0.3, 0.4) is 0 Å². The first-order chi connectivity index (χ1) is 18.7. The minimum atomic E-state index is -3.87. The molecule has 0 fully saturated rings. The highest BCUT2D eigenvalue weighted by molar-refractivity contribution is 7.92. The summed E-state index contributed by atoms with van der Waals surface area (Å²) in [5.74, 6) is -0.462. The van der Waals surface area contributed by atoms with Gasteiger partial charge < -0.3 is 15.0 Å². The second-order valence-electron chi connectivity index (χ2n) is 9.39. The van der Waals surface area contributed by atoms with E-state index >= 15 is 0 Å². The zero-order valence-corrected chi connectivity index (χ0v) is 23.8. The largest absolute Gasteiger partial charge is 0.495 e. The summed E-state index contributed by atoms with van der Waals surface area (Å²) in [5, 5.41) is 2.94. The third kappa shape index (κ3) is 8.07. The molecule has 0 aliphatic rings. The quantitative estimate of drug-likeness (QED) is 0.347. The van der Waals surface area contributed by atoms with Crippen LogP contribution in [0.4, 0.5) is 5.69 Å². The van der Waals surface area contributed by atoms with Gasteiger partial charge in [0.2, 0.25) is 21.8 Å². The van der Waals surface area contributed by atoms with Gasteiger partial charge in [0.15, 0.2) is 0 Å². The molecule has 3 aromatic carbocycles. The Morgan fingerprint density at radius 1 is 0.949 bits per heavy atom. The molecule has 0 aromatic heterocycles. The molecule has 208 valence electrons. The lowest BCUT2D eigenvalue weighted by Gasteiger charge is -2.34. The Morgan fingerprint density at radius 3 is 2.23 bits per heavy atom. The molecule has 0 aliphatic carbocycles. The zero-order valence-electron chi connectivity index (χ0n) is 23.0. The molecule has 3 rings (SSSR count). The number of para-hydroxylation sites is 2. The van der Waals surface area contributed by atoms with E-state index < -0.39 is 28.5 Å². The van der Waals surface area contributed by atoms with Gasteiger partial charge in [-0.3, -0.25) is 13.9 Å². The summed E-state index contributed by atoms with van der Waals surface area (Å²) in [6.45, 7) is 4.02. The van der Waals surface area contributed by atoms with Gasteiger partial charge in [-0.25, -0.2) is 8.42 Å². The van der Waals surface area contributed by atoms with E-state index in [9.17, 15) is 18.0 Å². The first-order valence-corrected chi connectivity index (χ1v) is 14.8. The summed E-state index contributed by atoms with van der Waals surface area (Å²) in [7, 11) is -2.43. The number of nitrogens with zero attached hydrogens (tertiary/aromatic N) is 2. The zero-order chi connectivity index (χ0) is 28.4. The summed E-state index contributed by atoms with van der Waals surface area (Å²) in [6, 6.07) is 22.9. The smallest absolute Gasteiger partial charge is 0.244 e. The van der Waals surface area contributed by atoms with Crippen LogP contribution >= 0.6 is 0 Å². The van der Waals surface area contributed by atoms with Crippen molar-refractivity contribution in [2.75, 3.05) is 30.8 Å². The summed E-state index contributed by atoms with van der Waals surface area (Å²) in [4.78, 5) is 29.1. The highest BCUT2D eigenvalue weighted by atomic mass is 32.2. The number of carbonyl (C=O) groups excluding carboxylic acids is 2. The Balaban J connectivity index is 2.07. The van der Waals surface area contributed by atoms with Crippen molar-refractivity contribution in [1.29, 1.82) is 0 Å². The molecule has 3 aromatic rings. The highest BCUT2D eigenvalue weighted by Crippen LogP contribution is 2.30. The van der Waals surface area contributed by atoms with Crippen LogP contribution in [0.1, 0.15) is 30.0 Å². The lowest BCUT2D eigenvalue weighted by atomic mass is 10.0. The van der Waals surface area contributed by atoms with Crippen LogP contribution in [0.2, 0.25) is 0 Å². The fourth-order valence-electron chi connectivity index (χ4n) is 4.32. The topological polar surface area (TPSA) is 96.0 Å². The van der Waals surface area contributed by atoms with Gasteiger partial charge in [0, 0.05) is 19.5 Å². The van der Waals surface area contributed by atoms with E-state index in [1.54, 1.807) is 24.3 Å². The Labute approximate surface area is 231 Å². The molecule has 39 heavy (non-hydrogen) atoms. The van der Waals surface area contributed by atoms with Crippen LogP contribution in [0.25, 0.3) is 0 Å². The molecule has 0 aliphatic heterocycles. The number of rotatable bonds is 13. The maximum absolute atomic E-state index is 14.1. The Morgan fingerprint density at radius 2 is 1.59 bits per heavy atom. The Kier molecular flexibility index (Phi) is 10.5. The molecule has 0 saturated heterocycles. The van der Waals surface area contributed by atoms with E-state index in [2.05, 4.69) is 5.32 Å². The molecular weight excluding hydrogens is 514 g/mol. The van der Waals surface area contributed by atoms with Crippen molar-refractivity contribution in [2.45, 2.75) is 39.3 Å². The average Bonchev–Trinajstić information content (AvgIpc) is 2.93. The molecule has 0 spiro atoms. The lowest BCUT2D eigenvalue weighted by Crippen LogP contribution is -2.53. The number of aryl methyl sites for hydroxylation is 1. The normalized spacial score (nSPS) is 11.9. The van der Waals surface area contributed by atoms with Crippen molar-refractivity contribution < 1.29 is 22.7 Å². The maximum Gasteiger partial charge on any atom is 0.244 e. The van der Waals surface area contributed by atoms with Gasteiger partial charge in [0.05, 0.1) is 19.1 Å². The van der Waals surface area contributed by atoms with Crippen molar-refractivity contribution in [3.63, 3.8) is 0 Å². The molecule has 2 amide bonds. The van der Waals surface area contributed by atoms with E-state index in [0.717, 1.165) is 33.7 Å². The number of hydrogen-bond acceptors (Lipinski definition) is 5. The summed E-state index contributed by atoms with van der Waals surface area (Å²) in [6.07, 6.45) is 2.07. The molecule has 0 saturated carbocycles. The standard InChI is InChI=1S/C30H37N3O5S/c1-5-19-31-30(35)27(20-24-14-7-6-8-15-24)32(21-25-16-10-9-13-23(25)2)29(34)22-33(39(4,36)37)26-17-11-12-18-28(26)38-3/h6-18,27H,5,19-22H2,1-4H3,(H,31,35)/t27-/m0/s1. The summed E-state index contributed by atoms with van der Waals surface area (Å²) < 4.78 is 32.3. The molecule has 0 unspecified atom stereocenters. The molecule has 9 heteroatoms. The number of ether oxygens (including phenoxy) is 1. The number of sulfonamides is 1. The van der Waals surface area contributed by atoms with Crippen LogP contribution in [-0.2, 0) is 32.6 Å². The van der Waals surface area contributed by atoms with E-state index in [4.69, 9.17) is 4.74 Å². The molecule has 1 atom stereocenters. The fraction of sp³-hybridized carbons (Fsp3) is 0.333. The van der Waals surface area contributed by atoms with Crippen LogP contribution in [0.5, 0.6) is 5.75 Å². The molecule has 8 nitrogen and oxygen atoms in total. The van der Waals surface area contributed by atoms with E-state index in [-0.39, 0.29) is 24.6 Å². The Hall–Kier alpha value is -3.85. The Bertz CT molecular complexity index is 1360. The maximum atomic E-state index is 14.1. The first kappa shape index (κ1) is 29.7. The number of benzene rings is 3. The molecule has 0 heterocycles. The average molecular weight is 552 g/mol. The van der Waals surface area contributed by atoms with Crippen LogP contribution in [0, 0.1) is 6.92 Å². The van der Waals surface area contributed by atoms with Gasteiger partial charge in [-0.15, -0.1) is 0 Å². The predicted molar refractivity (Wildman–Crippen MR) is 154 cm³/mol. The molecular formula is C30H37N3O5S. The van der Waals surface area contributed by atoms with Crippen LogP contribution in [-0.4, -0.2) is 57.6 Å².